The number of hydrogen-bond donors (Lipinski definition) is 0. The molecule has 0 aliphatic carbocycles. The summed E-state index contributed by atoms with van der Waals surface area (Å²) in [6.07, 6.45) is 0. The Kier molecular flexibility index (Phi) is 4.58. The van der Waals surface area contributed by atoms with E-state index in [-0.39, 0.29) is 4.83 Å². The number of hydrogen-bond acceptors (Lipinski definition) is 1. The van der Waals surface area contributed by atoms with Crippen LogP contribution in [-0.4, -0.2) is 0 Å². The van der Waals surface area contributed by atoms with Crippen LogP contribution >= 0.6 is 54.8 Å². The van der Waals surface area contributed by atoms with Crippen molar-refractivity contribution in [1.82, 2.24) is 0 Å². The topological polar surface area (TPSA) is 0 Å². The quantitative estimate of drug-likeness (QED) is 0.493. The summed E-state index contributed by atoms with van der Waals surface area (Å²) < 4.78 is 1.20. The van der Waals surface area contributed by atoms with Gasteiger partial charge < -0.3 is 0 Å². The lowest BCUT2D eigenvalue weighted by atomic mass is 10.0. The fraction of sp³-hybridized carbons (Fsp3) is 0.286. The Morgan fingerprint density at radius 1 is 1.06 bits per heavy atom. The largest absolute Gasteiger partial charge is 0.131 e. The van der Waals surface area contributed by atoms with Gasteiger partial charge in [-0.3, -0.25) is 0 Å². The third-order valence-corrected chi connectivity index (χ3v) is 6.84. The van der Waals surface area contributed by atoms with Gasteiger partial charge in [-0.25, -0.2) is 0 Å². The molecule has 0 amide bonds. The van der Waals surface area contributed by atoms with Crippen LogP contribution in [0.5, 0.6) is 0 Å². The normalized spacial score (nSPS) is 12.8. The van der Waals surface area contributed by atoms with Gasteiger partial charge in [-0.05, 0) is 71.1 Å². The molecule has 0 radical (unpaired) electrons. The lowest BCUT2D eigenvalue weighted by molar-refractivity contribution is 1.16. The molecule has 1 unspecified atom stereocenters. The summed E-state index contributed by atoms with van der Waals surface area (Å²) in [7, 11) is 0. The van der Waals surface area contributed by atoms with Crippen molar-refractivity contribution in [2.75, 3.05) is 0 Å². The van der Waals surface area contributed by atoms with Crippen LogP contribution in [-0.2, 0) is 0 Å². The Labute approximate surface area is 134 Å². The molecule has 0 saturated heterocycles. The van der Waals surface area contributed by atoms with Gasteiger partial charge in [0.1, 0.15) is 0 Å². The molecule has 1 atom stereocenters. The third-order valence-electron chi connectivity index (χ3n) is 2.95. The van der Waals surface area contributed by atoms with Gasteiger partial charge in [-0.2, -0.15) is 0 Å². The summed E-state index contributed by atoms with van der Waals surface area (Å²) in [5.74, 6) is 0. The molecule has 0 saturated carbocycles. The number of thiophene rings is 1. The molecule has 0 fully saturated rings. The molecule has 1 heterocycles. The number of alkyl halides is 1. The van der Waals surface area contributed by atoms with E-state index in [1.807, 2.05) is 13.0 Å². The van der Waals surface area contributed by atoms with E-state index in [1.54, 1.807) is 11.3 Å². The molecule has 0 aliphatic rings. The van der Waals surface area contributed by atoms with E-state index in [2.05, 4.69) is 57.8 Å². The fourth-order valence-corrected chi connectivity index (χ4v) is 4.53. The van der Waals surface area contributed by atoms with Crippen LogP contribution in [0, 0.1) is 20.8 Å². The average Bonchev–Trinajstić information content (AvgIpc) is 2.63. The summed E-state index contributed by atoms with van der Waals surface area (Å²) in [5, 5.41) is 0.833. The first-order chi connectivity index (χ1) is 8.40. The van der Waals surface area contributed by atoms with E-state index < -0.39 is 0 Å². The maximum atomic E-state index is 6.15. The summed E-state index contributed by atoms with van der Waals surface area (Å²) in [5.41, 5.74) is 4.90. The molecule has 18 heavy (non-hydrogen) atoms. The van der Waals surface area contributed by atoms with Gasteiger partial charge in [0, 0.05) is 9.90 Å². The number of rotatable bonds is 2. The molecule has 4 heteroatoms. The first kappa shape index (κ1) is 14.6. The van der Waals surface area contributed by atoms with Crippen molar-refractivity contribution in [2.24, 2.45) is 0 Å². The first-order valence-corrected chi connectivity index (χ1v) is 8.47. The second-order valence-electron chi connectivity index (χ2n) is 4.43. The van der Waals surface area contributed by atoms with Gasteiger partial charge in [0.05, 0.1) is 8.61 Å². The molecular weight excluding hydrogens is 395 g/mol. The lowest BCUT2D eigenvalue weighted by Gasteiger charge is -2.13. The molecule has 0 N–H and O–H groups in total. The van der Waals surface area contributed by atoms with Crippen LogP contribution in [0.2, 0.25) is 5.02 Å². The maximum absolute atomic E-state index is 6.15. The van der Waals surface area contributed by atoms with Crippen LogP contribution in [0.15, 0.2) is 22.0 Å². The molecule has 0 aliphatic heterocycles. The standard InChI is InChI=1S/C14H13Br2ClS/c1-7-5-11(17)8(2)4-10(7)13(15)12-6-9(3)14(16)18-12/h4-6,13H,1-3H3. The van der Waals surface area contributed by atoms with Crippen molar-refractivity contribution in [3.63, 3.8) is 0 Å². The second-order valence-corrected chi connectivity index (χ2v) is 8.15. The molecule has 1 aromatic heterocycles. The monoisotopic (exact) mass is 406 g/mol. The van der Waals surface area contributed by atoms with Gasteiger partial charge in [0.25, 0.3) is 0 Å². The Morgan fingerprint density at radius 2 is 1.72 bits per heavy atom. The van der Waals surface area contributed by atoms with Crippen molar-refractivity contribution in [3.05, 3.63) is 54.1 Å². The van der Waals surface area contributed by atoms with Gasteiger partial charge in [-0.15, -0.1) is 11.3 Å². The van der Waals surface area contributed by atoms with Crippen molar-refractivity contribution in [1.29, 1.82) is 0 Å². The van der Waals surface area contributed by atoms with E-state index in [0.29, 0.717) is 0 Å². The van der Waals surface area contributed by atoms with Crippen molar-refractivity contribution < 1.29 is 0 Å². The first-order valence-electron chi connectivity index (χ1n) is 5.56. The van der Waals surface area contributed by atoms with Gasteiger partial charge in [0.2, 0.25) is 0 Å². The predicted octanol–water partition coefficient (Wildman–Crippen LogP) is 6.57. The molecule has 1 aromatic carbocycles. The summed E-state index contributed by atoms with van der Waals surface area (Å²) in [6.45, 7) is 6.26. The van der Waals surface area contributed by atoms with Crippen molar-refractivity contribution in [3.8, 4) is 0 Å². The second kappa shape index (κ2) is 5.66. The Bertz CT molecular complexity index is 570. The van der Waals surface area contributed by atoms with Crippen molar-refractivity contribution in [2.45, 2.75) is 25.6 Å². The third kappa shape index (κ3) is 2.84. The van der Waals surface area contributed by atoms with E-state index in [4.69, 9.17) is 11.6 Å². The Balaban J connectivity index is 2.45. The zero-order valence-electron chi connectivity index (χ0n) is 10.4. The Morgan fingerprint density at radius 3 is 2.28 bits per heavy atom. The van der Waals surface area contributed by atoms with E-state index in [0.717, 1.165) is 10.6 Å². The van der Waals surface area contributed by atoms with Gasteiger partial charge >= 0.3 is 0 Å². The minimum atomic E-state index is 0.225. The van der Waals surface area contributed by atoms with Crippen LogP contribution in [0.4, 0.5) is 0 Å². The highest BCUT2D eigenvalue weighted by molar-refractivity contribution is 9.11. The highest BCUT2D eigenvalue weighted by Crippen LogP contribution is 2.41. The van der Waals surface area contributed by atoms with Crippen LogP contribution in [0.1, 0.15) is 32.0 Å². The SMILES string of the molecule is Cc1cc(C(Br)c2cc(C)c(Br)s2)c(C)cc1Cl. The van der Waals surface area contributed by atoms with E-state index in [9.17, 15) is 0 Å². The zero-order chi connectivity index (χ0) is 13.4. The zero-order valence-corrected chi connectivity index (χ0v) is 15.1. The Hall–Kier alpha value is 0.170. The average molecular weight is 409 g/mol. The molecule has 0 bridgehead atoms. The predicted molar refractivity (Wildman–Crippen MR) is 88.5 cm³/mol. The maximum Gasteiger partial charge on any atom is 0.0741 e. The summed E-state index contributed by atoms with van der Waals surface area (Å²) >= 11 is 15.3. The van der Waals surface area contributed by atoms with Gasteiger partial charge in [-0.1, -0.05) is 33.6 Å². The molecule has 0 spiro atoms. The van der Waals surface area contributed by atoms with Crippen LogP contribution in [0.25, 0.3) is 0 Å². The summed E-state index contributed by atoms with van der Waals surface area (Å²) in [4.78, 5) is 1.53. The number of aryl methyl sites for hydroxylation is 3. The molecule has 96 valence electrons. The fourth-order valence-electron chi connectivity index (χ4n) is 1.84. The summed E-state index contributed by atoms with van der Waals surface area (Å²) in [6, 6.07) is 6.42. The minimum absolute atomic E-state index is 0.225. The molecular formula is C14H13Br2ClS. The smallest absolute Gasteiger partial charge is 0.0741 e. The molecule has 0 nitrogen and oxygen atoms in total. The van der Waals surface area contributed by atoms with Gasteiger partial charge in [0.15, 0.2) is 0 Å². The lowest BCUT2D eigenvalue weighted by Crippen LogP contribution is -1.95. The number of halogens is 3. The van der Waals surface area contributed by atoms with E-state index >= 15 is 0 Å². The molecule has 2 aromatic rings. The van der Waals surface area contributed by atoms with Crippen LogP contribution in [0.3, 0.4) is 0 Å². The highest BCUT2D eigenvalue weighted by atomic mass is 79.9. The molecule has 2 rings (SSSR count). The minimum Gasteiger partial charge on any atom is -0.131 e. The number of benzene rings is 1. The van der Waals surface area contributed by atoms with Crippen LogP contribution < -0.4 is 0 Å². The van der Waals surface area contributed by atoms with E-state index in [1.165, 1.54) is 25.4 Å². The van der Waals surface area contributed by atoms with Crippen molar-refractivity contribution >= 4 is 54.8 Å². The highest BCUT2D eigenvalue weighted by Gasteiger charge is 2.17.